The van der Waals surface area contributed by atoms with E-state index in [9.17, 15) is 14.7 Å². The van der Waals surface area contributed by atoms with Gasteiger partial charge >= 0.3 is 0 Å². The number of carbonyl (C=O) groups excluding carboxylic acids is 2. The molecule has 1 unspecified atom stereocenters. The highest BCUT2D eigenvalue weighted by Gasteiger charge is 2.46. The number of fused-ring (bicyclic) bond motifs is 1. The molecule has 2 aromatic heterocycles. The first-order valence-electron chi connectivity index (χ1n) is 12.3. The fraction of sp³-hybridized carbons (Fsp3) is 0.276. The Labute approximate surface area is 224 Å². The number of ketones is 1. The third-order valence-electron chi connectivity index (χ3n) is 6.35. The summed E-state index contributed by atoms with van der Waals surface area (Å²) in [6, 6.07) is 14.9. The molecule has 2 aromatic carbocycles. The molecule has 0 aliphatic carbocycles. The summed E-state index contributed by atoms with van der Waals surface area (Å²) in [7, 11) is 1.58. The van der Waals surface area contributed by atoms with Gasteiger partial charge in [-0.05, 0) is 67.3 Å². The number of anilines is 1. The number of benzene rings is 2. The standard InChI is InChI=1S/C29H28N2O6S/c1-16(2)12-13-36-20-7-5-6-18(14-20)25-24(26(32)22-11-8-17(3)37-22)27(33)28(34)31(25)29-30-21-10-9-19(35-4)15-23(21)38-29/h5-11,14-16,25,33H,12-13H2,1-4H3. The number of nitrogens with zero attached hydrogens (tertiary/aromatic N) is 2. The average molecular weight is 533 g/mol. The Morgan fingerprint density at radius 3 is 2.68 bits per heavy atom. The fourth-order valence-electron chi connectivity index (χ4n) is 4.35. The first-order chi connectivity index (χ1) is 18.3. The molecule has 3 heterocycles. The van der Waals surface area contributed by atoms with Gasteiger partial charge in [0, 0.05) is 0 Å². The first kappa shape index (κ1) is 25.5. The second-order valence-electron chi connectivity index (χ2n) is 9.51. The molecule has 1 amide bonds. The highest BCUT2D eigenvalue weighted by molar-refractivity contribution is 7.22. The monoisotopic (exact) mass is 532 g/mol. The third kappa shape index (κ3) is 4.77. The van der Waals surface area contributed by atoms with E-state index < -0.39 is 23.5 Å². The van der Waals surface area contributed by atoms with E-state index in [-0.39, 0.29) is 11.3 Å². The van der Waals surface area contributed by atoms with Gasteiger partial charge in [0.25, 0.3) is 5.91 Å². The van der Waals surface area contributed by atoms with Crippen molar-refractivity contribution >= 4 is 38.4 Å². The van der Waals surface area contributed by atoms with Crippen molar-refractivity contribution in [3.05, 3.63) is 83.0 Å². The normalized spacial score (nSPS) is 15.7. The van der Waals surface area contributed by atoms with Crippen LogP contribution in [0.1, 0.15) is 48.2 Å². The number of furan rings is 1. The second-order valence-corrected chi connectivity index (χ2v) is 10.5. The molecule has 0 saturated carbocycles. The van der Waals surface area contributed by atoms with Crippen LogP contribution in [0.4, 0.5) is 5.13 Å². The minimum absolute atomic E-state index is 0.0436. The number of aliphatic hydroxyl groups excluding tert-OH is 1. The molecule has 0 fully saturated rings. The molecule has 0 radical (unpaired) electrons. The number of rotatable bonds is 9. The zero-order chi connectivity index (χ0) is 27.0. The van der Waals surface area contributed by atoms with Crippen LogP contribution in [0.25, 0.3) is 10.2 Å². The van der Waals surface area contributed by atoms with Gasteiger partial charge in [-0.3, -0.25) is 14.5 Å². The Morgan fingerprint density at radius 1 is 1.16 bits per heavy atom. The number of ether oxygens (including phenoxy) is 2. The van der Waals surface area contributed by atoms with E-state index in [1.807, 2.05) is 12.1 Å². The third-order valence-corrected chi connectivity index (χ3v) is 7.36. The number of aliphatic hydroxyl groups is 1. The molecular weight excluding hydrogens is 504 g/mol. The van der Waals surface area contributed by atoms with Crippen molar-refractivity contribution in [2.75, 3.05) is 18.6 Å². The lowest BCUT2D eigenvalue weighted by molar-refractivity contribution is -0.117. The number of methoxy groups -OCH3 is 1. The summed E-state index contributed by atoms with van der Waals surface area (Å²) >= 11 is 1.27. The number of carbonyl (C=O) groups is 2. The number of aryl methyl sites for hydroxylation is 1. The molecule has 4 aromatic rings. The van der Waals surface area contributed by atoms with Gasteiger partial charge in [0.05, 0.1) is 35.5 Å². The van der Waals surface area contributed by atoms with Crippen LogP contribution in [0.5, 0.6) is 11.5 Å². The van der Waals surface area contributed by atoms with E-state index in [2.05, 4.69) is 18.8 Å². The number of amides is 1. The van der Waals surface area contributed by atoms with Crippen molar-refractivity contribution in [3.8, 4) is 11.5 Å². The molecule has 1 atom stereocenters. The van der Waals surface area contributed by atoms with Gasteiger partial charge in [-0.2, -0.15) is 0 Å². The number of aromatic nitrogens is 1. The lowest BCUT2D eigenvalue weighted by Crippen LogP contribution is -2.31. The highest BCUT2D eigenvalue weighted by Crippen LogP contribution is 2.45. The van der Waals surface area contributed by atoms with Gasteiger partial charge < -0.3 is 19.0 Å². The second kappa shape index (κ2) is 10.3. The smallest absolute Gasteiger partial charge is 0.296 e. The van der Waals surface area contributed by atoms with Crippen LogP contribution in [-0.4, -0.2) is 35.5 Å². The van der Waals surface area contributed by atoms with Crippen LogP contribution in [0.15, 0.2) is 70.3 Å². The fourth-order valence-corrected chi connectivity index (χ4v) is 5.37. The van der Waals surface area contributed by atoms with Gasteiger partial charge in [0.1, 0.15) is 17.3 Å². The molecule has 1 aliphatic heterocycles. The van der Waals surface area contributed by atoms with Crippen LogP contribution in [0.2, 0.25) is 0 Å². The van der Waals surface area contributed by atoms with Crippen molar-refractivity contribution in [3.63, 3.8) is 0 Å². The van der Waals surface area contributed by atoms with Crippen LogP contribution in [0, 0.1) is 12.8 Å². The summed E-state index contributed by atoms with van der Waals surface area (Å²) in [6.07, 6.45) is 0.885. The minimum atomic E-state index is -0.934. The zero-order valence-electron chi connectivity index (χ0n) is 21.6. The molecule has 1 aliphatic rings. The molecule has 9 heteroatoms. The molecule has 0 saturated heterocycles. The lowest BCUT2D eigenvalue weighted by Gasteiger charge is -2.24. The van der Waals surface area contributed by atoms with E-state index in [1.165, 1.54) is 22.3 Å². The summed E-state index contributed by atoms with van der Waals surface area (Å²) in [5.74, 6) is 0.444. The van der Waals surface area contributed by atoms with Crippen molar-refractivity contribution in [2.45, 2.75) is 33.2 Å². The Hall–Kier alpha value is -4.11. The number of hydrogen-bond acceptors (Lipinski definition) is 8. The van der Waals surface area contributed by atoms with Gasteiger partial charge in [-0.25, -0.2) is 4.98 Å². The summed E-state index contributed by atoms with van der Waals surface area (Å²) in [4.78, 5) is 33.1. The minimum Gasteiger partial charge on any atom is -0.503 e. The van der Waals surface area contributed by atoms with Crippen LogP contribution in [0.3, 0.4) is 0 Å². The number of hydrogen-bond donors (Lipinski definition) is 1. The van der Waals surface area contributed by atoms with Crippen LogP contribution >= 0.6 is 11.3 Å². The molecule has 8 nitrogen and oxygen atoms in total. The van der Waals surface area contributed by atoms with E-state index in [4.69, 9.17) is 13.9 Å². The van der Waals surface area contributed by atoms with E-state index in [0.29, 0.717) is 46.0 Å². The largest absolute Gasteiger partial charge is 0.503 e. The summed E-state index contributed by atoms with van der Waals surface area (Å²) in [5.41, 5.74) is 1.21. The molecular formula is C29H28N2O6S. The SMILES string of the molecule is COc1ccc2nc(N3C(=O)C(O)=C(C(=O)c4ccc(C)o4)C3c3cccc(OCCC(C)C)c3)sc2c1. The van der Waals surface area contributed by atoms with Crippen molar-refractivity contribution in [1.82, 2.24) is 4.98 Å². The average Bonchev–Trinajstić information content (AvgIpc) is 3.59. The molecule has 5 rings (SSSR count). The predicted octanol–water partition coefficient (Wildman–Crippen LogP) is 6.41. The molecule has 0 bridgehead atoms. The van der Waals surface area contributed by atoms with Crippen molar-refractivity contribution in [2.24, 2.45) is 5.92 Å². The van der Waals surface area contributed by atoms with E-state index in [0.717, 1.165) is 11.1 Å². The van der Waals surface area contributed by atoms with Gasteiger partial charge in [-0.1, -0.05) is 37.3 Å². The molecule has 38 heavy (non-hydrogen) atoms. The summed E-state index contributed by atoms with van der Waals surface area (Å²) in [6.45, 7) is 6.50. The maximum absolute atomic E-state index is 13.6. The van der Waals surface area contributed by atoms with E-state index >= 15 is 0 Å². The van der Waals surface area contributed by atoms with Gasteiger partial charge in [0.2, 0.25) is 5.78 Å². The number of thiazole rings is 1. The summed E-state index contributed by atoms with van der Waals surface area (Å²) in [5, 5.41) is 11.4. The van der Waals surface area contributed by atoms with Crippen molar-refractivity contribution < 1.29 is 28.6 Å². The lowest BCUT2D eigenvalue weighted by atomic mass is 9.95. The Kier molecular flexibility index (Phi) is 6.94. The topological polar surface area (TPSA) is 102 Å². The first-order valence-corrected chi connectivity index (χ1v) is 13.1. The molecule has 0 spiro atoms. The zero-order valence-corrected chi connectivity index (χ0v) is 22.4. The maximum atomic E-state index is 13.6. The Bertz CT molecular complexity index is 1550. The van der Waals surface area contributed by atoms with Crippen LogP contribution < -0.4 is 14.4 Å². The maximum Gasteiger partial charge on any atom is 0.296 e. The van der Waals surface area contributed by atoms with Crippen molar-refractivity contribution in [1.29, 1.82) is 0 Å². The van der Waals surface area contributed by atoms with Gasteiger partial charge in [0.15, 0.2) is 16.7 Å². The highest BCUT2D eigenvalue weighted by atomic mass is 32.1. The Morgan fingerprint density at radius 2 is 1.97 bits per heavy atom. The summed E-state index contributed by atoms with van der Waals surface area (Å²) < 4.78 is 17.6. The molecule has 196 valence electrons. The predicted molar refractivity (Wildman–Crippen MR) is 145 cm³/mol. The quantitative estimate of drug-likeness (QED) is 0.248. The van der Waals surface area contributed by atoms with Gasteiger partial charge in [-0.15, -0.1) is 0 Å². The Balaban J connectivity index is 1.60. The number of Topliss-reactive ketones (excluding diaryl/α,β-unsaturated/α-hetero) is 1. The molecule has 1 N–H and O–H groups in total. The van der Waals surface area contributed by atoms with Crippen LogP contribution in [-0.2, 0) is 4.79 Å². The van der Waals surface area contributed by atoms with E-state index in [1.54, 1.807) is 50.4 Å².